The van der Waals surface area contributed by atoms with Gasteiger partial charge in [0.05, 0.1) is 12.7 Å². The van der Waals surface area contributed by atoms with Crippen LogP contribution in [0.15, 0.2) is 0 Å². The number of nitrogens with two attached hydrogens (primary N) is 1. The molecule has 39 heavy (non-hydrogen) atoms. The average Bonchev–Trinajstić information content (AvgIpc) is 2.92. The Balaban J connectivity index is 5.13. The van der Waals surface area contributed by atoms with Gasteiger partial charge in [-0.05, 0) is 58.8 Å². The SMILES string of the molecule is CCC(=O)CCCCCOC(N)(CC)C(C)(CC)C(=O)OCC(COC(C)CC)OC(=O)CCCCC(=O)O. The van der Waals surface area contributed by atoms with Crippen LogP contribution in [0.5, 0.6) is 0 Å². The highest BCUT2D eigenvalue weighted by Gasteiger charge is 2.51. The summed E-state index contributed by atoms with van der Waals surface area (Å²) in [5, 5.41) is 8.75. The Morgan fingerprint density at radius 1 is 0.872 bits per heavy atom. The third-order valence-corrected chi connectivity index (χ3v) is 7.33. The first kappa shape index (κ1) is 37.0. The number of hydrogen-bond donors (Lipinski definition) is 2. The maximum atomic E-state index is 13.3. The largest absolute Gasteiger partial charge is 0.481 e. The lowest BCUT2D eigenvalue weighted by molar-refractivity contribution is -0.191. The molecule has 0 aromatic carbocycles. The third kappa shape index (κ3) is 14.2. The summed E-state index contributed by atoms with van der Waals surface area (Å²) < 4.78 is 23.0. The summed E-state index contributed by atoms with van der Waals surface area (Å²) in [5.74, 6) is -1.72. The molecule has 0 heterocycles. The molecular weight excluding hydrogens is 506 g/mol. The number of rotatable bonds is 24. The van der Waals surface area contributed by atoms with Crippen molar-refractivity contribution in [1.82, 2.24) is 0 Å². The van der Waals surface area contributed by atoms with E-state index in [4.69, 9.17) is 29.8 Å². The number of carboxylic acid groups (broad SMARTS) is 1. The Morgan fingerprint density at radius 3 is 2.08 bits per heavy atom. The van der Waals surface area contributed by atoms with Gasteiger partial charge in [-0.2, -0.15) is 0 Å². The minimum atomic E-state index is -1.26. The van der Waals surface area contributed by atoms with Crippen LogP contribution in [0.4, 0.5) is 0 Å². The van der Waals surface area contributed by atoms with Crippen LogP contribution in [0.25, 0.3) is 0 Å². The van der Waals surface area contributed by atoms with Crippen molar-refractivity contribution in [3.63, 3.8) is 0 Å². The fourth-order valence-electron chi connectivity index (χ4n) is 3.92. The number of unbranched alkanes of at least 4 members (excludes halogenated alkanes) is 3. The highest BCUT2D eigenvalue weighted by Crippen LogP contribution is 2.38. The Bertz CT molecular complexity index is 744. The average molecular weight is 560 g/mol. The molecule has 0 saturated heterocycles. The molecule has 10 nitrogen and oxygen atoms in total. The number of esters is 2. The minimum absolute atomic E-state index is 0.0140. The number of carbonyl (C=O) groups is 4. The van der Waals surface area contributed by atoms with Gasteiger partial charge < -0.3 is 29.8 Å². The van der Waals surface area contributed by atoms with Crippen LogP contribution in [0.3, 0.4) is 0 Å². The van der Waals surface area contributed by atoms with E-state index in [0.717, 1.165) is 25.7 Å². The van der Waals surface area contributed by atoms with Crippen LogP contribution in [-0.4, -0.2) is 66.6 Å². The molecule has 0 radical (unpaired) electrons. The molecule has 0 spiro atoms. The van der Waals surface area contributed by atoms with Crippen LogP contribution in [0.1, 0.15) is 119 Å². The minimum Gasteiger partial charge on any atom is -0.481 e. The molecular formula is C29H53NO9. The van der Waals surface area contributed by atoms with Gasteiger partial charge in [-0.25, -0.2) is 0 Å². The molecule has 3 N–H and O–H groups in total. The first-order chi connectivity index (χ1) is 18.4. The van der Waals surface area contributed by atoms with Crippen molar-refractivity contribution in [2.24, 2.45) is 11.1 Å². The van der Waals surface area contributed by atoms with E-state index in [1.165, 1.54) is 0 Å². The van der Waals surface area contributed by atoms with E-state index in [1.807, 2.05) is 34.6 Å². The van der Waals surface area contributed by atoms with Crippen molar-refractivity contribution in [2.45, 2.75) is 137 Å². The topological polar surface area (TPSA) is 151 Å². The van der Waals surface area contributed by atoms with E-state index in [-0.39, 0.29) is 37.9 Å². The molecule has 0 aromatic heterocycles. The highest BCUT2D eigenvalue weighted by molar-refractivity contribution is 5.78. The number of hydrogen-bond acceptors (Lipinski definition) is 9. The maximum absolute atomic E-state index is 13.3. The van der Waals surface area contributed by atoms with Crippen LogP contribution < -0.4 is 5.73 Å². The second-order valence-corrected chi connectivity index (χ2v) is 10.3. The summed E-state index contributed by atoms with van der Waals surface area (Å²) in [6.45, 7) is 11.4. The van der Waals surface area contributed by atoms with Crippen molar-refractivity contribution >= 4 is 23.7 Å². The summed E-state index contributed by atoms with van der Waals surface area (Å²) in [4.78, 5) is 47.8. The van der Waals surface area contributed by atoms with Crippen molar-refractivity contribution in [2.75, 3.05) is 19.8 Å². The van der Waals surface area contributed by atoms with Gasteiger partial charge in [-0.1, -0.05) is 34.1 Å². The summed E-state index contributed by atoms with van der Waals surface area (Å²) in [6, 6.07) is 0. The molecule has 0 fully saturated rings. The van der Waals surface area contributed by atoms with Crippen LogP contribution >= 0.6 is 0 Å². The number of aliphatic carboxylic acids is 1. The number of ketones is 1. The second-order valence-electron chi connectivity index (χ2n) is 10.3. The summed E-state index contributed by atoms with van der Waals surface area (Å²) in [6.07, 6.45) is 4.91. The van der Waals surface area contributed by atoms with E-state index in [9.17, 15) is 19.2 Å². The molecule has 0 saturated carbocycles. The van der Waals surface area contributed by atoms with Crippen molar-refractivity contribution in [3.8, 4) is 0 Å². The van der Waals surface area contributed by atoms with E-state index in [0.29, 0.717) is 45.1 Å². The number of carboxylic acids is 1. The van der Waals surface area contributed by atoms with Crippen LogP contribution in [0.2, 0.25) is 0 Å². The fourth-order valence-corrected chi connectivity index (χ4v) is 3.92. The number of ether oxygens (including phenoxy) is 4. The first-order valence-corrected chi connectivity index (χ1v) is 14.5. The highest BCUT2D eigenvalue weighted by atomic mass is 16.6. The molecule has 0 bridgehead atoms. The zero-order chi connectivity index (χ0) is 29.9. The van der Waals surface area contributed by atoms with Gasteiger partial charge in [0, 0.05) is 32.3 Å². The van der Waals surface area contributed by atoms with E-state index in [1.54, 1.807) is 6.92 Å². The van der Waals surface area contributed by atoms with E-state index >= 15 is 0 Å². The predicted octanol–water partition coefficient (Wildman–Crippen LogP) is 4.94. The number of carbonyl (C=O) groups excluding carboxylic acids is 3. The van der Waals surface area contributed by atoms with Gasteiger partial charge in [-0.3, -0.25) is 19.2 Å². The molecule has 0 aliphatic heterocycles. The number of Topliss-reactive ketones (excluding diaryl/α,β-unsaturated/α-hetero) is 1. The molecule has 0 aliphatic rings. The predicted molar refractivity (Wildman–Crippen MR) is 148 cm³/mol. The first-order valence-electron chi connectivity index (χ1n) is 14.5. The quantitative estimate of drug-likeness (QED) is 0.0945. The molecule has 0 aromatic rings. The summed E-state index contributed by atoms with van der Waals surface area (Å²) >= 11 is 0. The lowest BCUT2D eigenvalue weighted by Gasteiger charge is -2.43. The van der Waals surface area contributed by atoms with Crippen LogP contribution in [0, 0.1) is 5.41 Å². The third-order valence-electron chi connectivity index (χ3n) is 7.33. The van der Waals surface area contributed by atoms with Gasteiger partial charge >= 0.3 is 17.9 Å². The Labute approximate surface area is 234 Å². The smallest absolute Gasteiger partial charge is 0.316 e. The zero-order valence-corrected chi connectivity index (χ0v) is 25.1. The molecule has 0 aliphatic carbocycles. The molecule has 10 heteroatoms. The van der Waals surface area contributed by atoms with Gasteiger partial charge in [-0.15, -0.1) is 0 Å². The summed E-state index contributed by atoms with van der Waals surface area (Å²) in [7, 11) is 0. The lowest BCUT2D eigenvalue weighted by Crippen LogP contribution is -2.60. The van der Waals surface area contributed by atoms with E-state index < -0.39 is 35.2 Å². The molecule has 4 unspecified atom stereocenters. The normalized spacial score (nSPS) is 16.0. The summed E-state index contributed by atoms with van der Waals surface area (Å²) in [5.41, 5.74) is 4.22. The molecule has 228 valence electrons. The zero-order valence-electron chi connectivity index (χ0n) is 25.1. The van der Waals surface area contributed by atoms with Gasteiger partial charge in [0.2, 0.25) is 0 Å². The van der Waals surface area contributed by atoms with Crippen molar-refractivity contribution in [1.29, 1.82) is 0 Å². The lowest BCUT2D eigenvalue weighted by atomic mass is 9.75. The van der Waals surface area contributed by atoms with Crippen molar-refractivity contribution < 1.29 is 43.2 Å². The monoisotopic (exact) mass is 559 g/mol. The Hall–Kier alpha value is -2.04. The van der Waals surface area contributed by atoms with Gasteiger partial charge in [0.25, 0.3) is 0 Å². The molecule has 4 atom stereocenters. The van der Waals surface area contributed by atoms with Gasteiger partial charge in [0.1, 0.15) is 23.5 Å². The van der Waals surface area contributed by atoms with Crippen molar-refractivity contribution in [3.05, 3.63) is 0 Å². The van der Waals surface area contributed by atoms with Gasteiger partial charge in [0.15, 0.2) is 6.10 Å². The maximum Gasteiger partial charge on any atom is 0.316 e. The molecule has 0 rings (SSSR count). The fraction of sp³-hybridized carbons (Fsp3) is 0.862. The van der Waals surface area contributed by atoms with E-state index in [2.05, 4.69) is 0 Å². The van der Waals surface area contributed by atoms with Crippen LogP contribution in [-0.2, 0) is 38.1 Å². The Morgan fingerprint density at radius 2 is 1.51 bits per heavy atom. The standard InChI is InChI=1S/C29H53NO9/c1-7-22(5)36-20-24(39-26(34)18-14-13-17-25(32)33)21-37-27(35)28(6,9-3)29(30,10-4)38-19-15-11-12-16-23(31)8-2/h22,24H,7-21,30H2,1-6H3,(H,32,33). The molecule has 0 amide bonds. The second kappa shape index (κ2) is 19.9. The Kier molecular flexibility index (Phi) is 18.9.